The van der Waals surface area contributed by atoms with E-state index in [1.165, 1.54) is 64.2 Å². The molecule has 0 spiro atoms. The molecule has 1 atom stereocenters. The number of aliphatic hydroxyl groups is 2. The molecule has 0 aromatic heterocycles. The molecule has 2 N–H and O–H groups in total. The van der Waals surface area contributed by atoms with Gasteiger partial charge in [0.2, 0.25) is 0 Å². The van der Waals surface area contributed by atoms with Crippen LogP contribution in [0, 0.1) is 0 Å². The minimum atomic E-state index is -0.207. The fraction of sp³-hybridized carbons (Fsp3) is 0.727. The second kappa shape index (κ2) is 20.2. The molecule has 2 heteroatoms. The number of unbranched alkanes of at least 4 members (excludes halogenated alkanes) is 10. The highest BCUT2D eigenvalue weighted by Gasteiger charge is 2.01. The van der Waals surface area contributed by atoms with E-state index in [4.69, 9.17) is 5.11 Å². The average molecular weight is 337 g/mol. The van der Waals surface area contributed by atoms with Crippen molar-refractivity contribution in [3.05, 3.63) is 36.5 Å². The molecule has 140 valence electrons. The maximum Gasteiger partial charge on any atom is 0.0615 e. The number of hydrogen-bond acceptors (Lipinski definition) is 2. The molecule has 0 rings (SSSR count). The third-order valence-electron chi connectivity index (χ3n) is 4.26. The Morgan fingerprint density at radius 3 is 1.71 bits per heavy atom. The van der Waals surface area contributed by atoms with Crippen LogP contribution in [0.15, 0.2) is 36.5 Å². The first-order valence-corrected chi connectivity index (χ1v) is 10.1. The highest BCUT2D eigenvalue weighted by atomic mass is 16.3. The van der Waals surface area contributed by atoms with Crippen molar-refractivity contribution in [1.82, 2.24) is 0 Å². The Labute approximate surface area is 150 Å². The van der Waals surface area contributed by atoms with Gasteiger partial charge in [-0.05, 0) is 12.8 Å². The molecule has 0 radical (unpaired) electrons. The summed E-state index contributed by atoms with van der Waals surface area (Å²) in [5, 5.41) is 18.5. The van der Waals surface area contributed by atoms with Crippen LogP contribution in [0.5, 0.6) is 0 Å². The van der Waals surface area contributed by atoms with E-state index in [1.807, 2.05) is 30.4 Å². The van der Waals surface area contributed by atoms with Crippen LogP contribution in [-0.2, 0) is 0 Å². The van der Waals surface area contributed by atoms with Crippen LogP contribution in [-0.4, -0.2) is 22.9 Å². The lowest BCUT2D eigenvalue weighted by molar-refractivity contribution is 0.163. The van der Waals surface area contributed by atoms with Gasteiger partial charge in [0.15, 0.2) is 0 Å². The summed E-state index contributed by atoms with van der Waals surface area (Å²) in [5.74, 6) is 0. The predicted octanol–water partition coefficient (Wildman–Crippen LogP) is 6.10. The van der Waals surface area contributed by atoms with Gasteiger partial charge in [-0.2, -0.15) is 0 Å². The summed E-state index contributed by atoms with van der Waals surface area (Å²) in [6, 6.07) is 0. The maximum atomic E-state index is 9.91. The van der Waals surface area contributed by atoms with Crippen LogP contribution < -0.4 is 0 Å². The smallest absolute Gasteiger partial charge is 0.0615 e. The third kappa shape index (κ3) is 19.2. The summed E-state index contributed by atoms with van der Waals surface area (Å²) >= 11 is 0. The number of allylic oxidation sites excluding steroid dienone is 4. The molecule has 1 unspecified atom stereocenters. The summed E-state index contributed by atoms with van der Waals surface area (Å²) in [4.78, 5) is 0. The van der Waals surface area contributed by atoms with Crippen LogP contribution in [0.1, 0.15) is 90.4 Å². The lowest BCUT2D eigenvalue weighted by atomic mass is 10.0. The van der Waals surface area contributed by atoms with Crippen molar-refractivity contribution in [2.45, 2.75) is 96.5 Å². The minimum Gasteiger partial charge on any atom is -0.393 e. The van der Waals surface area contributed by atoms with Crippen LogP contribution in [0.25, 0.3) is 0 Å². The van der Waals surface area contributed by atoms with Crippen LogP contribution in [0.3, 0.4) is 0 Å². The van der Waals surface area contributed by atoms with E-state index in [0.717, 1.165) is 19.3 Å². The normalized spacial score (nSPS) is 13.6. The molecule has 0 amide bonds. The van der Waals surface area contributed by atoms with Crippen molar-refractivity contribution in [1.29, 1.82) is 0 Å². The van der Waals surface area contributed by atoms with Crippen LogP contribution in [0.2, 0.25) is 0 Å². The second-order valence-electron chi connectivity index (χ2n) is 6.64. The Kier molecular flexibility index (Phi) is 19.5. The third-order valence-corrected chi connectivity index (χ3v) is 4.26. The first kappa shape index (κ1) is 23.1. The Morgan fingerprint density at radius 2 is 1.17 bits per heavy atom. The molecule has 0 aromatic carbocycles. The first-order chi connectivity index (χ1) is 11.8. The monoisotopic (exact) mass is 336 g/mol. The van der Waals surface area contributed by atoms with Gasteiger partial charge in [-0.3, -0.25) is 0 Å². The summed E-state index contributed by atoms with van der Waals surface area (Å²) < 4.78 is 0. The van der Waals surface area contributed by atoms with Gasteiger partial charge >= 0.3 is 0 Å². The molecule has 0 aliphatic heterocycles. The fourth-order valence-electron chi connectivity index (χ4n) is 2.74. The van der Waals surface area contributed by atoms with Gasteiger partial charge in [0.25, 0.3) is 0 Å². The van der Waals surface area contributed by atoms with Gasteiger partial charge in [0, 0.05) is 0 Å². The van der Waals surface area contributed by atoms with Crippen molar-refractivity contribution in [3.8, 4) is 0 Å². The quantitative estimate of drug-likeness (QED) is 0.249. The van der Waals surface area contributed by atoms with Crippen LogP contribution >= 0.6 is 0 Å². The number of hydrogen-bond donors (Lipinski definition) is 2. The maximum absolute atomic E-state index is 9.91. The standard InChI is InChI=1S/C22H40O2/c1-2-3-4-5-6-7-8-9-10-13-16-19-22(24)20-17-14-11-12-15-18-21-23/h11-12,14-15,17-18,22-24H,2-10,13,16,19-21H2,1H3. The van der Waals surface area contributed by atoms with Gasteiger partial charge in [0.05, 0.1) is 12.7 Å². The van der Waals surface area contributed by atoms with E-state index < -0.39 is 0 Å². The molecular formula is C22H40O2. The number of aliphatic hydroxyl groups excluding tert-OH is 2. The highest BCUT2D eigenvalue weighted by molar-refractivity contribution is 5.11. The molecule has 0 aliphatic carbocycles. The van der Waals surface area contributed by atoms with E-state index in [-0.39, 0.29) is 12.7 Å². The summed E-state index contributed by atoms with van der Waals surface area (Å²) in [7, 11) is 0. The molecule has 0 heterocycles. The van der Waals surface area contributed by atoms with E-state index in [9.17, 15) is 5.11 Å². The van der Waals surface area contributed by atoms with Crippen molar-refractivity contribution in [2.75, 3.05) is 6.61 Å². The lowest BCUT2D eigenvalue weighted by Crippen LogP contribution is -2.04. The first-order valence-electron chi connectivity index (χ1n) is 10.1. The van der Waals surface area contributed by atoms with Crippen LogP contribution in [0.4, 0.5) is 0 Å². The summed E-state index contributed by atoms with van der Waals surface area (Å²) in [6.07, 6.45) is 27.5. The zero-order valence-corrected chi connectivity index (χ0v) is 15.8. The van der Waals surface area contributed by atoms with Gasteiger partial charge in [-0.15, -0.1) is 0 Å². The Morgan fingerprint density at radius 1 is 0.667 bits per heavy atom. The van der Waals surface area contributed by atoms with Crippen molar-refractivity contribution < 1.29 is 10.2 Å². The van der Waals surface area contributed by atoms with E-state index >= 15 is 0 Å². The Bertz CT molecular complexity index is 318. The molecule has 0 saturated heterocycles. The molecule has 0 aromatic rings. The van der Waals surface area contributed by atoms with Gasteiger partial charge in [0.1, 0.15) is 0 Å². The molecule has 24 heavy (non-hydrogen) atoms. The molecular weight excluding hydrogens is 296 g/mol. The molecule has 2 nitrogen and oxygen atoms in total. The molecule has 0 bridgehead atoms. The lowest BCUT2D eigenvalue weighted by Gasteiger charge is -2.07. The minimum absolute atomic E-state index is 0.0751. The largest absolute Gasteiger partial charge is 0.393 e. The van der Waals surface area contributed by atoms with Crippen molar-refractivity contribution >= 4 is 0 Å². The van der Waals surface area contributed by atoms with Gasteiger partial charge in [-0.25, -0.2) is 0 Å². The molecule has 0 aliphatic rings. The highest BCUT2D eigenvalue weighted by Crippen LogP contribution is 2.13. The predicted molar refractivity (Wildman–Crippen MR) is 106 cm³/mol. The summed E-state index contributed by atoms with van der Waals surface area (Å²) in [5.41, 5.74) is 0. The fourth-order valence-corrected chi connectivity index (χ4v) is 2.74. The van der Waals surface area contributed by atoms with E-state index in [1.54, 1.807) is 6.08 Å². The Hall–Kier alpha value is -0.860. The zero-order chi connectivity index (χ0) is 17.7. The zero-order valence-electron chi connectivity index (χ0n) is 15.8. The Balaban J connectivity index is 3.31. The van der Waals surface area contributed by atoms with Gasteiger partial charge < -0.3 is 10.2 Å². The van der Waals surface area contributed by atoms with Crippen molar-refractivity contribution in [3.63, 3.8) is 0 Å². The number of rotatable bonds is 17. The second-order valence-corrected chi connectivity index (χ2v) is 6.64. The average Bonchev–Trinajstić information content (AvgIpc) is 2.59. The van der Waals surface area contributed by atoms with Gasteiger partial charge in [-0.1, -0.05) is 114 Å². The van der Waals surface area contributed by atoms with Crippen molar-refractivity contribution in [2.24, 2.45) is 0 Å². The molecule has 0 saturated carbocycles. The SMILES string of the molecule is CCCCCCCCCCCCCC(O)CC=CC=CC=CCO. The summed E-state index contributed by atoms with van der Waals surface area (Å²) in [6.45, 7) is 2.34. The van der Waals surface area contributed by atoms with E-state index in [2.05, 4.69) is 6.92 Å². The van der Waals surface area contributed by atoms with E-state index in [0.29, 0.717) is 0 Å². The topological polar surface area (TPSA) is 40.5 Å². The molecule has 0 fully saturated rings.